The first-order chi connectivity index (χ1) is 10.2. The largest absolute Gasteiger partial charge is 0.345 e. The van der Waals surface area contributed by atoms with Crippen molar-refractivity contribution in [2.75, 3.05) is 19.6 Å². The van der Waals surface area contributed by atoms with Gasteiger partial charge in [-0.1, -0.05) is 37.8 Å². The minimum atomic E-state index is -0.317. The van der Waals surface area contributed by atoms with E-state index < -0.39 is 0 Å². The third-order valence-electron chi connectivity index (χ3n) is 4.84. The van der Waals surface area contributed by atoms with E-state index in [4.69, 9.17) is 0 Å². The Morgan fingerprint density at radius 1 is 1.19 bits per heavy atom. The molecule has 0 saturated heterocycles. The number of likely N-dealkylation sites (N-methyl/N-ethyl adjacent to an activating group) is 1. The molecule has 0 spiro atoms. The lowest BCUT2D eigenvalue weighted by Crippen LogP contribution is -2.56. The van der Waals surface area contributed by atoms with Gasteiger partial charge in [0.05, 0.1) is 13.1 Å². The molecule has 2 atom stereocenters. The molecule has 1 heterocycles. The van der Waals surface area contributed by atoms with Crippen molar-refractivity contribution >= 4 is 5.84 Å². The highest BCUT2D eigenvalue weighted by atomic mass is 16.3. The summed E-state index contributed by atoms with van der Waals surface area (Å²) in [6, 6.07) is 0. The summed E-state index contributed by atoms with van der Waals surface area (Å²) in [6.07, 6.45) is 14.3. The molecule has 122 valence electrons. The number of quaternary nitrogens is 1. The van der Waals surface area contributed by atoms with Gasteiger partial charge in [0.15, 0.2) is 6.23 Å². The van der Waals surface area contributed by atoms with Crippen LogP contribution in [0.5, 0.6) is 0 Å². The average Bonchev–Trinajstić information content (AvgIpc) is 2.89. The van der Waals surface area contributed by atoms with Crippen LogP contribution in [-0.2, 0) is 0 Å². The van der Waals surface area contributed by atoms with Gasteiger partial charge in [0.1, 0.15) is 6.54 Å². The Bertz CT molecular complexity index is 336. The molecule has 3 nitrogen and oxygen atoms in total. The molecular formula is C18H35N2O+. The molecule has 0 radical (unpaired) electrons. The number of aliphatic imine (C=N–C) groups is 1. The minimum absolute atomic E-state index is 0.317. The van der Waals surface area contributed by atoms with E-state index >= 15 is 0 Å². The zero-order chi connectivity index (χ0) is 15.6. The molecule has 1 rings (SSSR count). The van der Waals surface area contributed by atoms with Gasteiger partial charge in [-0.05, 0) is 33.1 Å². The Morgan fingerprint density at radius 2 is 1.86 bits per heavy atom. The summed E-state index contributed by atoms with van der Waals surface area (Å²) in [5.74, 6) is 1.24. The highest BCUT2D eigenvalue weighted by Gasteiger charge is 2.40. The summed E-state index contributed by atoms with van der Waals surface area (Å²) in [7, 11) is 0. The molecule has 3 heteroatoms. The summed E-state index contributed by atoms with van der Waals surface area (Å²) in [4.78, 5) is 4.67. The fraction of sp³-hybridized carbons (Fsp3) is 0.833. The molecule has 0 bridgehead atoms. The monoisotopic (exact) mass is 295 g/mol. The van der Waals surface area contributed by atoms with Gasteiger partial charge in [-0.15, -0.1) is 0 Å². The Hall–Kier alpha value is -0.670. The van der Waals surface area contributed by atoms with E-state index in [0.717, 1.165) is 26.1 Å². The van der Waals surface area contributed by atoms with Gasteiger partial charge in [0, 0.05) is 13.3 Å². The molecule has 1 aliphatic heterocycles. The van der Waals surface area contributed by atoms with Gasteiger partial charge in [-0.3, -0.25) is 4.48 Å². The van der Waals surface area contributed by atoms with E-state index in [1.54, 1.807) is 0 Å². The second-order valence-electron chi connectivity index (χ2n) is 6.23. The number of hydrogen-bond donors (Lipinski definition) is 1. The Labute approximate surface area is 131 Å². The maximum absolute atomic E-state index is 10.1. The normalized spacial score (nSPS) is 23.7. The van der Waals surface area contributed by atoms with Crippen LogP contribution < -0.4 is 0 Å². The molecular weight excluding hydrogens is 260 g/mol. The van der Waals surface area contributed by atoms with E-state index in [1.807, 2.05) is 6.92 Å². The number of amidine groups is 1. The molecule has 21 heavy (non-hydrogen) atoms. The van der Waals surface area contributed by atoms with Gasteiger partial charge < -0.3 is 5.11 Å². The predicted molar refractivity (Wildman–Crippen MR) is 91.4 cm³/mol. The molecule has 0 fully saturated rings. The van der Waals surface area contributed by atoms with Crippen molar-refractivity contribution in [1.82, 2.24) is 0 Å². The first kappa shape index (κ1) is 18.4. The Balaban J connectivity index is 2.15. The first-order valence-corrected chi connectivity index (χ1v) is 8.87. The minimum Gasteiger partial charge on any atom is -0.345 e. The van der Waals surface area contributed by atoms with Crippen LogP contribution in [0.3, 0.4) is 0 Å². The van der Waals surface area contributed by atoms with Crippen LogP contribution in [-0.4, -0.2) is 41.3 Å². The third kappa shape index (κ3) is 5.55. The van der Waals surface area contributed by atoms with E-state index in [9.17, 15) is 5.11 Å². The molecule has 0 aliphatic carbocycles. The number of aliphatic hydroxyl groups is 1. The van der Waals surface area contributed by atoms with Crippen molar-refractivity contribution in [1.29, 1.82) is 0 Å². The van der Waals surface area contributed by atoms with Crippen molar-refractivity contribution in [3.05, 3.63) is 12.2 Å². The van der Waals surface area contributed by atoms with Crippen LogP contribution in [0.2, 0.25) is 0 Å². The van der Waals surface area contributed by atoms with E-state index in [1.165, 1.54) is 50.8 Å². The van der Waals surface area contributed by atoms with Gasteiger partial charge in [0.2, 0.25) is 5.84 Å². The topological polar surface area (TPSA) is 32.6 Å². The zero-order valence-electron chi connectivity index (χ0n) is 14.4. The second-order valence-corrected chi connectivity index (χ2v) is 6.23. The SMILES string of the molecule is C/C=C/CCCCCCCCC1=NCC[N+]1(CC)C(C)O. The summed E-state index contributed by atoms with van der Waals surface area (Å²) >= 11 is 0. The van der Waals surface area contributed by atoms with Crippen molar-refractivity contribution < 1.29 is 9.59 Å². The van der Waals surface area contributed by atoms with Crippen LogP contribution in [0.15, 0.2) is 17.1 Å². The van der Waals surface area contributed by atoms with Crippen LogP contribution in [0.4, 0.5) is 0 Å². The zero-order valence-corrected chi connectivity index (χ0v) is 14.4. The van der Waals surface area contributed by atoms with Crippen LogP contribution >= 0.6 is 0 Å². The van der Waals surface area contributed by atoms with E-state index in [0.29, 0.717) is 4.48 Å². The smallest absolute Gasteiger partial charge is 0.200 e. The Morgan fingerprint density at radius 3 is 2.48 bits per heavy atom. The van der Waals surface area contributed by atoms with Gasteiger partial charge >= 0.3 is 0 Å². The van der Waals surface area contributed by atoms with Crippen molar-refractivity contribution in [2.45, 2.75) is 78.4 Å². The molecule has 1 aliphatic rings. The lowest BCUT2D eigenvalue weighted by atomic mass is 10.1. The van der Waals surface area contributed by atoms with Gasteiger partial charge in [-0.25, -0.2) is 4.99 Å². The summed E-state index contributed by atoms with van der Waals surface area (Å²) in [5, 5.41) is 10.1. The van der Waals surface area contributed by atoms with Crippen LogP contribution in [0.1, 0.15) is 72.1 Å². The highest BCUT2D eigenvalue weighted by molar-refractivity contribution is 5.76. The number of aliphatic hydroxyl groups excluding tert-OH is 1. The average molecular weight is 295 g/mol. The number of rotatable bonds is 11. The third-order valence-corrected chi connectivity index (χ3v) is 4.84. The standard InChI is InChI=1S/C18H35N2O/c1-4-6-7-8-9-10-11-12-13-14-18-19-15-16-20(18,5-2)17(3)21/h4,6,17,21H,5,7-16H2,1-3H3/q+1/b6-4+. The van der Waals surface area contributed by atoms with Crippen molar-refractivity contribution in [2.24, 2.45) is 4.99 Å². The number of hydrogen-bond acceptors (Lipinski definition) is 2. The molecule has 0 aromatic heterocycles. The summed E-state index contributed by atoms with van der Waals surface area (Å²) < 4.78 is 0.712. The van der Waals surface area contributed by atoms with Gasteiger partial charge in [0.25, 0.3) is 0 Å². The van der Waals surface area contributed by atoms with Crippen LogP contribution in [0, 0.1) is 0 Å². The summed E-state index contributed by atoms with van der Waals surface area (Å²) in [6.45, 7) is 9.00. The molecule has 1 N–H and O–H groups in total. The first-order valence-electron chi connectivity index (χ1n) is 8.87. The van der Waals surface area contributed by atoms with Crippen molar-refractivity contribution in [3.63, 3.8) is 0 Å². The molecule has 0 aromatic rings. The maximum Gasteiger partial charge on any atom is 0.200 e. The summed E-state index contributed by atoms with van der Waals surface area (Å²) in [5.41, 5.74) is 0. The van der Waals surface area contributed by atoms with E-state index in [2.05, 4.69) is 31.0 Å². The molecule has 0 saturated carbocycles. The molecule has 0 amide bonds. The lowest BCUT2D eigenvalue weighted by Gasteiger charge is -2.36. The number of nitrogens with zero attached hydrogens (tertiary/aromatic N) is 2. The number of unbranched alkanes of at least 4 members (excludes halogenated alkanes) is 6. The molecule has 2 unspecified atom stereocenters. The fourth-order valence-electron chi connectivity index (χ4n) is 3.36. The highest BCUT2D eigenvalue weighted by Crippen LogP contribution is 2.22. The lowest BCUT2D eigenvalue weighted by molar-refractivity contribution is -0.882. The van der Waals surface area contributed by atoms with Gasteiger partial charge in [-0.2, -0.15) is 0 Å². The maximum atomic E-state index is 10.1. The van der Waals surface area contributed by atoms with E-state index in [-0.39, 0.29) is 6.23 Å². The van der Waals surface area contributed by atoms with Crippen LogP contribution in [0.25, 0.3) is 0 Å². The Kier molecular flexibility index (Phi) is 8.86. The predicted octanol–water partition coefficient (Wildman–Crippen LogP) is 4.27. The second kappa shape index (κ2) is 10.1. The number of allylic oxidation sites excluding steroid dienone is 2. The molecule has 0 aromatic carbocycles. The quantitative estimate of drug-likeness (QED) is 0.344. The van der Waals surface area contributed by atoms with Crippen molar-refractivity contribution in [3.8, 4) is 0 Å². The fourth-order valence-corrected chi connectivity index (χ4v) is 3.36.